The summed E-state index contributed by atoms with van der Waals surface area (Å²) in [6, 6.07) is 19.5. The Kier molecular flexibility index (Phi) is 7.48. The van der Waals surface area contributed by atoms with Gasteiger partial charge in [0.1, 0.15) is 0 Å². The molecule has 156 valence electrons. The average molecular weight is 439 g/mol. The van der Waals surface area contributed by atoms with Crippen LogP contribution in [-0.4, -0.2) is 21.6 Å². The van der Waals surface area contributed by atoms with E-state index in [-0.39, 0.29) is 5.41 Å². The Hall–Kier alpha value is -2.84. The predicted octanol–water partition coefficient (Wildman–Crippen LogP) is 4.88. The van der Waals surface area contributed by atoms with Crippen LogP contribution in [0.5, 0.6) is 0 Å². The maximum absolute atomic E-state index is 5.34. The highest BCUT2D eigenvalue weighted by atomic mass is 32.1. The lowest BCUT2D eigenvalue weighted by Gasteiger charge is -2.31. The molecule has 0 aromatic heterocycles. The van der Waals surface area contributed by atoms with Gasteiger partial charge in [-0.05, 0) is 67.0 Å². The first-order chi connectivity index (χ1) is 14.4. The first-order valence-corrected chi connectivity index (χ1v) is 10.6. The van der Waals surface area contributed by atoms with E-state index in [0.717, 1.165) is 35.6 Å². The number of anilines is 2. The summed E-state index contributed by atoms with van der Waals surface area (Å²) in [5, 5.41) is 16.2. The fourth-order valence-electron chi connectivity index (χ4n) is 3.31. The van der Waals surface area contributed by atoms with Gasteiger partial charge in [0.2, 0.25) is 0 Å². The van der Waals surface area contributed by atoms with E-state index in [0.29, 0.717) is 16.6 Å². The summed E-state index contributed by atoms with van der Waals surface area (Å²) >= 11 is 10.7. The van der Waals surface area contributed by atoms with E-state index in [1.54, 1.807) is 0 Å². The van der Waals surface area contributed by atoms with Crippen molar-refractivity contribution in [1.29, 1.82) is 0 Å². The molecule has 0 heterocycles. The summed E-state index contributed by atoms with van der Waals surface area (Å²) in [7, 11) is 0. The number of hydrogen-bond donors (Lipinski definition) is 4. The van der Waals surface area contributed by atoms with E-state index in [1.165, 1.54) is 0 Å². The first-order valence-electron chi connectivity index (χ1n) is 9.75. The van der Waals surface area contributed by atoms with Gasteiger partial charge >= 0.3 is 0 Å². The third-order valence-corrected chi connectivity index (χ3v) is 4.85. The van der Waals surface area contributed by atoms with Crippen LogP contribution in [0.2, 0.25) is 0 Å². The molecule has 2 aromatic rings. The number of para-hydroxylation sites is 2. The van der Waals surface area contributed by atoms with Crippen LogP contribution in [0.25, 0.3) is 0 Å². The standard InChI is InChI=1S/C22H26N6S2/c1-22(2)14-18(25-27-20(29)23-16-9-5-3-6-10-16)13-19(15-22)26-28-21(30)24-17-11-7-4-8-12-17/h3-12H,13-15H2,1-2H3,(H2,23,27,29)(H2,24,28,30)/b25-18-,26-19+. The lowest BCUT2D eigenvalue weighted by atomic mass is 9.75. The Balaban J connectivity index is 1.57. The lowest BCUT2D eigenvalue weighted by molar-refractivity contribution is 0.388. The summed E-state index contributed by atoms with van der Waals surface area (Å²) in [4.78, 5) is 0. The van der Waals surface area contributed by atoms with E-state index in [2.05, 4.69) is 45.5 Å². The molecule has 0 bridgehead atoms. The SMILES string of the molecule is CC1(C)C/C(=N/NC(=S)Nc2ccccc2)C/C(=N/NC(=S)Nc2ccccc2)C1. The third kappa shape index (κ3) is 7.20. The normalized spacial score (nSPS) is 17.9. The number of nitrogens with one attached hydrogen (secondary N) is 4. The van der Waals surface area contributed by atoms with Crippen LogP contribution in [0.4, 0.5) is 11.4 Å². The second-order valence-corrected chi connectivity index (χ2v) is 8.73. The Morgan fingerprint density at radius 2 is 1.13 bits per heavy atom. The zero-order valence-corrected chi connectivity index (χ0v) is 18.7. The van der Waals surface area contributed by atoms with E-state index < -0.39 is 0 Å². The molecule has 0 amide bonds. The molecule has 4 N–H and O–H groups in total. The Morgan fingerprint density at radius 1 is 0.733 bits per heavy atom. The van der Waals surface area contributed by atoms with Gasteiger partial charge in [-0.15, -0.1) is 0 Å². The summed E-state index contributed by atoms with van der Waals surface area (Å²) < 4.78 is 0. The zero-order valence-electron chi connectivity index (χ0n) is 17.1. The maximum Gasteiger partial charge on any atom is 0.191 e. The molecule has 8 heteroatoms. The summed E-state index contributed by atoms with van der Waals surface area (Å²) in [6.45, 7) is 4.41. The molecular formula is C22H26N6S2. The van der Waals surface area contributed by atoms with E-state index in [9.17, 15) is 0 Å². The van der Waals surface area contributed by atoms with Crippen molar-refractivity contribution in [3.05, 3.63) is 60.7 Å². The monoisotopic (exact) mass is 438 g/mol. The highest BCUT2D eigenvalue weighted by Crippen LogP contribution is 2.32. The zero-order chi connectivity index (χ0) is 21.4. The van der Waals surface area contributed by atoms with E-state index in [1.807, 2.05) is 60.7 Å². The minimum Gasteiger partial charge on any atom is -0.331 e. The fourth-order valence-corrected chi connectivity index (χ4v) is 3.63. The molecule has 30 heavy (non-hydrogen) atoms. The molecule has 1 fully saturated rings. The van der Waals surface area contributed by atoms with Gasteiger partial charge in [-0.3, -0.25) is 10.9 Å². The van der Waals surface area contributed by atoms with Crippen LogP contribution in [0.15, 0.2) is 70.9 Å². The molecule has 0 radical (unpaired) electrons. The second-order valence-electron chi connectivity index (χ2n) is 7.91. The Bertz CT molecular complexity index is 863. The van der Waals surface area contributed by atoms with Crippen molar-refractivity contribution < 1.29 is 0 Å². The van der Waals surface area contributed by atoms with Crippen molar-refractivity contribution in [2.24, 2.45) is 15.6 Å². The lowest BCUT2D eigenvalue weighted by Crippen LogP contribution is -2.34. The van der Waals surface area contributed by atoms with Gasteiger partial charge in [0.25, 0.3) is 0 Å². The summed E-state index contributed by atoms with van der Waals surface area (Å²) in [6.07, 6.45) is 2.42. The van der Waals surface area contributed by atoms with Crippen LogP contribution in [0.1, 0.15) is 33.1 Å². The maximum atomic E-state index is 5.34. The van der Waals surface area contributed by atoms with Crippen molar-refractivity contribution in [3.8, 4) is 0 Å². The van der Waals surface area contributed by atoms with Crippen molar-refractivity contribution in [3.63, 3.8) is 0 Å². The Morgan fingerprint density at radius 3 is 1.53 bits per heavy atom. The van der Waals surface area contributed by atoms with Crippen molar-refractivity contribution in [1.82, 2.24) is 10.9 Å². The molecule has 1 saturated carbocycles. The van der Waals surface area contributed by atoms with Gasteiger partial charge < -0.3 is 10.6 Å². The van der Waals surface area contributed by atoms with Gasteiger partial charge in [-0.2, -0.15) is 10.2 Å². The highest BCUT2D eigenvalue weighted by Gasteiger charge is 2.29. The molecular weight excluding hydrogens is 412 g/mol. The number of nitrogens with zero attached hydrogens (tertiary/aromatic N) is 2. The van der Waals surface area contributed by atoms with Gasteiger partial charge in [0.05, 0.1) is 0 Å². The van der Waals surface area contributed by atoms with Gasteiger partial charge in [-0.25, -0.2) is 0 Å². The molecule has 0 atom stereocenters. The molecule has 1 aliphatic rings. The van der Waals surface area contributed by atoms with Crippen LogP contribution < -0.4 is 21.5 Å². The molecule has 0 spiro atoms. The number of benzene rings is 2. The third-order valence-electron chi connectivity index (χ3n) is 4.47. The van der Waals surface area contributed by atoms with E-state index in [4.69, 9.17) is 24.4 Å². The molecule has 0 saturated heterocycles. The van der Waals surface area contributed by atoms with E-state index >= 15 is 0 Å². The van der Waals surface area contributed by atoms with Crippen molar-refractivity contribution >= 4 is 57.5 Å². The number of rotatable bonds is 4. The minimum absolute atomic E-state index is 0.0578. The molecule has 3 rings (SSSR count). The second kappa shape index (κ2) is 10.3. The molecule has 2 aromatic carbocycles. The molecule has 1 aliphatic carbocycles. The number of hydrogen-bond acceptors (Lipinski definition) is 4. The van der Waals surface area contributed by atoms with Crippen LogP contribution in [-0.2, 0) is 0 Å². The smallest absolute Gasteiger partial charge is 0.191 e. The van der Waals surface area contributed by atoms with Crippen LogP contribution in [0, 0.1) is 5.41 Å². The number of hydrazone groups is 2. The summed E-state index contributed by atoms with van der Waals surface area (Å²) in [5.41, 5.74) is 9.81. The largest absolute Gasteiger partial charge is 0.331 e. The van der Waals surface area contributed by atoms with Gasteiger partial charge in [0.15, 0.2) is 10.2 Å². The molecule has 0 aliphatic heterocycles. The van der Waals surface area contributed by atoms with Gasteiger partial charge in [0, 0.05) is 29.2 Å². The quantitative estimate of drug-likeness (QED) is 0.403. The first kappa shape index (κ1) is 21.9. The van der Waals surface area contributed by atoms with Gasteiger partial charge in [-0.1, -0.05) is 50.2 Å². The molecule has 6 nitrogen and oxygen atoms in total. The van der Waals surface area contributed by atoms with Crippen LogP contribution in [0.3, 0.4) is 0 Å². The summed E-state index contributed by atoms with van der Waals surface area (Å²) in [5.74, 6) is 0. The van der Waals surface area contributed by atoms with Crippen molar-refractivity contribution in [2.45, 2.75) is 33.1 Å². The minimum atomic E-state index is 0.0578. The van der Waals surface area contributed by atoms with Crippen LogP contribution >= 0.6 is 24.4 Å². The Labute approximate surface area is 188 Å². The molecule has 0 unspecified atom stereocenters. The fraction of sp³-hybridized carbons (Fsp3) is 0.273. The highest BCUT2D eigenvalue weighted by molar-refractivity contribution is 7.80. The number of thiocarbonyl (C=S) groups is 2. The van der Waals surface area contributed by atoms with Crippen molar-refractivity contribution in [2.75, 3.05) is 10.6 Å². The topological polar surface area (TPSA) is 72.8 Å². The predicted molar refractivity (Wildman–Crippen MR) is 134 cm³/mol. The average Bonchev–Trinajstić information content (AvgIpc) is 2.71.